The minimum Gasteiger partial charge on any atom is -0.462 e. The molecule has 0 aliphatic heterocycles. The number of carbonyl (C=O) groups is 2. The zero-order valence-electron chi connectivity index (χ0n) is 14.5. The van der Waals surface area contributed by atoms with Crippen molar-refractivity contribution < 1.29 is 14.3 Å². The smallest absolute Gasteiger partial charge is 0.340 e. The fourth-order valence-corrected chi connectivity index (χ4v) is 2.75. The first kappa shape index (κ1) is 17.4. The van der Waals surface area contributed by atoms with E-state index in [0.717, 1.165) is 11.1 Å². The Morgan fingerprint density at radius 3 is 2.88 bits per heavy atom. The third kappa shape index (κ3) is 3.47. The zero-order valence-corrected chi connectivity index (χ0v) is 14.5. The summed E-state index contributed by atoms with van der Waals surface area (Å²) in [6.07, 6.45) is 3.23. The van der Waals surface area contributed by atoms with Gasteiger partial charge in [0.05, 0.1) is 23.3 Å². The number of rotatable bonds is 5. The van der Waals surface area contributed by atoms with Crippen LogP contribution in [0.4, 0.5) is 0 Å². The molecule has 6 nitrogen and oxygen atoms in total. The van der Waals surface area contributed by atoms with Gasteiger partial charge in [0.15, 0.2) is 0 Å². The Bertz CT molecular complexity index is 1040. The maximum atomic E-state index is 12.2. The van der Waals surface area contributed by atoms with Gasteiger partial charge in [0, 0.05) is 18.2 Å². The Morgan fingerprint density at radius 2 is 2.12 bits per heavy atom. The van der Waals surface area contributed by atoms with Gasteiger partial charge in [0.2, 0.25) is 5.78 Å². The highest BCUT2D eigenvalue weighted by Gasteiger charge is 2.19. The molecular weight excluding hydrogens is 330 g/mol. The number of hydrogen-bond donors (Lipinski definition) is 1. The van der Waals surface area contributed by atoms with Crippen LogP contribution >= 0.6 is 0 Å². The first-order valence-electron chi connectivity index (χ1n) is 8.18. The third-order valence-electron chi connectivity index (χ3n) is 3.79. The Hall–Kier alpha value is -3.46. The van der Waals surface area contributed by atoms with Crippen LogP contribution in [0.2, 0.25) is 0 Å². The second kappa shape index (κ2) is 7.62. The van der Waals surface area contributed by atoms with Crippen LogP contribution < -0.4 is 0 Å². The van der Waals surface area contributed by atoms with Gasteiger partial charge in [-0.25, -0.2) is 14.8 Å². The number of aromatic nitrogens is 3. The van der Waals surface area contributed by atoms with E-state index in [1.54, 1.807) is 20.0 Å². The molecule has 26 heavy (non-hydrogen) atoms. The molecule has 0 amide bonds. The Kier molecular flexibility index (Phi) is 5.09. The standard InChI is InChI=1S/C20H17N3O3/c1-3-6-15(24)10-13-7-5-8-14(9-13)18-17-16(20(25)26-4-2)11-21-19(17)23-12-22-18/h5,7-9,11-12H,4,10H2,1-2H3,(H,21,22,23). The van der Waals surface area contributed by atoms with E-state index in [4.69, 9.17) is 4.74 Å². The second-order valence-electron chi connectivity index (χ2n) is 5.54. The Labute approximate surface area is 150 Å². The molecule has 0 saturated heterocycles. The number of esters is 1. The van der Waals surface area contributed by atoms with E-state index in [9.17, 15) is 9.59 Å². The van der Waals surface area contributed by atoms with E-state index in [-0.39, 0.29) is 18.8 Å². The quantitative estimate of drug-likeness (QED) is 0.436. The second-order valence-corrected chi connectivity index (χ2v) is 5.54. The van der Waals surface area contributed by atoms with Gasteiger partial charge in [0.25, 0.3) is 0 Å². The molecule has 1 N–H and O–H groups in total. The van der Waals surface area contributed by atoms with Crippen molar-refractivity contribution in [2.45, 2.75) is 20.3 Å². The SMILES string of the molecule is CC#CC(=O)Cc1cccc(-c2ncnc3[nH]cc(C(=O)OCC)c23)c1. The lowest BCUT2D eigenvalue weighted by Crippen LogP contribution is -2.04. The number of aromatic amines is 1. The van der Waals surface area contributed by atoms with Crippen LogP contribution in [0.15, 0.2) is 36.8 Å². The van der Waals surface area contributed by atoms with Crippen molar-refractivity contribution >= 4 is 22.8 Å². The average molecular weight is 347 g/mol. The van der Waals surface area contributed by atoms with Crippen molar-refractivity contribution in [2.24, 2.45) is 0 Å². The Balaban J connectivity index is 2.07. The maximum Gasteiger partial charge on any atom is 0.340 e. The monoisotopic (exact) mass is 347 g/mol. The fourth-order valence-electron chi connectivity index (χ4n) is 2.75. The average Bonchev–Trinajstić information content (AvgIpc) is 3.06. The van der Waals surface area contributed by atoms with E-state index < -0.39 is 5.97 Å². The third-order valence-corrected chi connectivity index (χ3v) is 3.79. The number of Topliss-reactive ketones (excluding diaryl/α,β-unsaturated/α-hetero) is 1. The van der Waals surface area contributed by atoms with Crippen LogP contribution in [0.25, 0.3) is 22.3 Å². The number of ether oxygens (including phenoxy) is 1. The summed E-state index contributed by atoms with van der Waals surface area (Å²) >= 11 is 0. The molecule has 0 fully saturated rings. The van der Waals surface area contributed by atoms with E-state index in [1.165, 1.54) is 6.33 Å². The highest BCUT2D eigenvalue weighted by Crippen LogP contribution is 2.29. The molecule has 1 aromatic carbocycles. The summed E-state index contributed by atoms with van der Waals surface area (Å²) in [4.78, 5) is 35.5. The summed E-state index contributed by atoms with van der Waals surface area (Å²) < 4.78 is 5.11. The topological polar surface area (TPSA) is 84.9 Å². The first-order chi connectivity index (χ1) is 12.6. The summed E-state index contributed by atoms with van der Waals surface area (Å²) in [5.74, 6) is 4.57. The van der Waals surface area contributed by atoms with Gasteiger partial charge in [-0.15, -0.1) is 0 Å². The molecule has 0 saturated carbocycles. The molecule has 0 bridgehead atoms. The first-order valence-corrected chi connectivity index (χ1v) is 8.18. The number of carbonyl (C=O) groups excluding carboxylic acids is 2. The van der Waals surface area contributed by atoms with Gasteiger partial charge in [-0.2, -0.15) is 0 Å². The molecule has 2 aromatic heterocycles. The minimum absolute atomic E-state index is 0.147. The van der Waals surface area contributed by atoms with Crippen molar-refractivity contribution in [3.05, 3.63) is 47.9 Å². The van der Waals surface area contributed by atoms with Crippen molar-refractivity contribution in [3.8, 4) is 23.1 Å². The van der Waals surface area contributed by atoms with E-state index in [2.05, 4.69) is 26.8 Å². The number of fused-ring (bicyclic) bond motifs is 1. The van der Waals surface area contributed by atoms with Crippen molar-refractivity contribution in [3.63, 3.8) is 0 Å². The molecule has 0 atom stereocenters. The molecule has 130 valence electrons. The van der Waals surface area contributed by atoms with Crippen LogP contribution in [-0.4, -0.2) is 33.3 Å². The van der Waals surface area contributed by atoms with Gasteiger partial charge in [-0.3, -0.25) is 4.79 Å². The number of nitrogens with one attached hydrogen (secondary N) is 1. The lowest BCUT2D eigenvalue weighted by molar-refractivity contribution is -0.113. The van der Waals surface area contributed by atoms with Crippen LogP contribution in [0.5, 0.6) is 0 Å². The van der Waals surface area contributed by atoms with E-state index in [1.807, 2.05) is 24.3 Å². The van der Waals surface area contributed by atoms with E-state index >= 15 is 0 Å². The normalized spacial score (nSPS) is 10.2. The number of ketones is 1. The molecule has 2 heterocycles. The molecule has 0 aliphatic rings. The summed E-state index contributed by atoms with van der Waals surface area (Å²) in [6.45, 7) is 3.67. The van der Waals surface area contributed by atoms with E-state index in [0.29, 0.717) is 22.3 Å². The predicted octanol–water partition coefficient (Wildman–Crippen LogP) is 2.94. The number of nitrogens with zero attached hydrogens (tertiary/aromatic N) is 2. The predicted molar refractivity (Wildman–Crippen MR) is 97.4 cm³/mol. The zero-order chi connectivity index (χ0) is 18.5. The Morgan fingerprint density at radius 1 is 1.27 bits per heavy atom. The molecule has 0 radical (unpaired) electrons. The number of H-pyrrole nitrogens is 1. The van der Waals surface area contributed by atoms with Crippen LogP contribution in [0.1, 0.15) is 29.8 Å². The van der Waals surface area contributed by atoms with Gasteiger partial charge < -0.3 is 9.72 Å². The largest absolute Gasteiger partial charge is 0.462 e. The van der Waals surface area contributed by atoms with Gasteiger partial charge in [-0.1, -0.05) is 24.1 Å². The van der Waals surface area contributed by atoms with Crippen molar-refractivity contribution in [1.82, 2.24) is 15.0 Å². The molecule has 6 heteroatoms. The lowest BCUT2D eigenvalue weighted by Gasteiger charge is -2.07. The maximum absolute atomic E-state index is 12.2. The number of hydrogen-bond acceptors (Lipinski definition) is 5. The van der Waals surface area contributed by atoms with Crippen molar-refractivity contribution in [2.75, 3.05) is 6.61 Å². The fraction of sp³-hybridized carbons (Fsp3) is 0.200. The summed E-state index contributed by atoms with van der Waals surface area (Å²) in [5.41, 5.74) is 3.16. The van der Waals surface area contributed by atoms with Gasteiger partial charge >= 0.3 is 5.97 Å². The van der Waals surface area contributed by atoms with Crippen LogP contribution in [0, 0.1) is 11.8 Å². The lowest BCUT2D eigenvalue weighted by atomic mass is 10.0. The molecule has 0 aliphatic carbocycles. The molecule has 3 rings (SSSR count). The number of benzene rings is 1. The molecule has 0 spiro atoms. The highest BCUT2D eigenvalue weighted by atomic mass is 16.5. The van der Waals surface area contributed by atoms with Gasteiger partial charge in [-0.05, 0) is 31.4 Å². The molecule has 3 aromatic rings. The van der Waals surface area contributed by atoms with Crippen LogP contribution in [-0.2, 0) is 16.0 Å². The van der Waals surface area contributed by atoms with Crippen LogP contribution in [0.3, 0.4) is 0 Å². The summed E-state index contributed by atoms with van der Waals surface area (Å²) in [7, 11) is 0. The minimum atomic E-state index is -0.431. The molecular formula is C20H17N3O3. The molecule has 0 unspecified atom stereocenters. The highest BCUT2D eigenvalue weighted by molar-refractivity contribution is 6.08. The van der Waals surface area contributed by atoms with Crippen molar-refractivity contribution in [1.29, 1.82) is 0 Å². The summed E-state index contributed by atoms with van der Waals surface area (Å²) in [5, 5.41) is 0.600. The van der Waals surface area contributed by atoms with Gasteiger partial charge in [0.1, 0.15) is 12.0 Å². The summed E-state index contributed by atoms with van der Waals surface area (Å²) in [6, 6.07) is 7.46.